The molecule has 1 aromatic heterocycles. The summed E-state index contributed by atoms with van der Waals surface area (Å²) in [6, 6.07) is 11.1. The zero-order valence-corrected chi connectivity index (χ0v) is 11.6. The number of hydrazone groups is 1. The third-order valence-electron chi connectivity index (χ3n) is 2.45. The van der Waals surface area contributed by atoms with Crippen LogP contribution in [-0.4, -0.2) is 23.0 Å². The second-order valence-corrected chi connectivity index (χ2v) is 4.08. The van der Waals surface area contributed by atoms with E-state index in [1.165, 1.54) is 6.07 Å². The summed E-state index contributed by atoms with van der Waals surface area (Å²) in [6.07, 6.45) is 1.03. The van der Waals surface area contributed by atoms with Gasteiger partial charge in [-0.3, -0.25) is 30.6 Å². The molecule has 10 nitrogen and oxygen atoms in total. The van der Waals surface area contributed by atoms with E-state index in [9.17, 15) is 19.7 Å². The number of nitrogens with one attached hydrogen (secondary N) is 3. The number of amides is 2. The Morgan fingerprint density at radius 2 is 1.87 bits per heavy atom. The van der Waals surface area contributed by atoms with Crippen molar-refractivity contribution in [1.29, 1.82) is 0 Å². The summed E-state index contributed by atoms with van der Waals surface area (Å²) >= 11 is 0. The monoisotopic (exact) mass is 317 g/mol. The van der Waals surface area contributed by atoms with Crippen molar-refractivity contribution in [3.8, 4) is 0 Å². The van der Waals surface area contributed by atoms with Crippen LogP contribution in [0.5, 0.6) is 0 Å². The number of furan rings is 1. The van der Waals surface area contributed by atoms with E-state index in [0.29, 0.717) is 5.69 Å². The first-order valence-electron chi connectivity index (χ1n) is 6.25. The Hall–Kier alpha value is -3.69. The van der Waals surface area contributed by atoms with Crippen LogP contribution in [0.15, 0.2) is 52.0 Å². The highest BCUT2D eigenvalue weighted by molar-refractivity contribution is 6.35. The average molecular weight is 317 g/mol. The van der Waals surface area contributed by atoms with E-state index in [1.54, 1.807) is 30.3 Å². The third-order valence-corrected chi connectivity index (χ3v) is 2.45. The molecule has 0 saturated heterocycles. The number of benzene rings is 1. The largest absolute Gasteiger partial charge is 0.433 e. The zero-order chi connectivity index (χ0) is 16.7. The molecule has 3 N–H and O–H groups in total. The number of hydrogen-bond acceptors (Lipinski definition) is 7. The molecular weight excluding hydrogens is 306 g/mol. The highest BCUT2D eigenvalue weighted by atomic mass is 16.6. The van der Waals surface area contributed by atoms with Crippen molar-refractivity contribution in [3.63, 3.8) is 0 Å². The van der Waals surface area contributed by atoms with E-state index in [4.69, 9.17) is 4.42 Å². The van der Waals surface area contributed by atoms with E-state index < -0.39 is 22.6 Å². The molecule has 2 rings (SSSR count). The lowest BCUT2D eigenvalue weighted by molar-refractivity contribution is -0.402. The minimum absolute atomic E-state index is 0.0554. The van der Waals surface area contributed by atoms with Gasteiger partial charge in [0.15, 0.2) is 5.76 Å². The number of hydrazine groups is 1. The molecule has 10 heteroatoms. The van der Waals surface area contributed by atoms with Crippen molar-refractivity contribution in [3.05, 3.63) is 58.3 Å². The lowest BCUT2D eigenvalue weighted by atomic mass is 10.3. The van der Waals surface area contributed by atoms with Gasteiger partial charge in [-0.2, -0.15) is 5.10 Å². The van der Waals surface area contributed by atoms with Gasteiger partial charge >= 0.3 is 17.7 Å². The second-order valence-electron chi connectivity index (χ2n) is 4.08. The van der Waals surface area contributed by atoms with E-state index in [1.807, 2.05) is 5.43 Å². The Labute approximate surface area is 129 Å². The summed E-state index contributed by atoms with van der Waals surface area (Å²) in [5.74, 6) is -2.38. The number of carbonyl (C=O) groups is 2. The smallest absolute Gasteiger partial charge is 0.400 e. The number of para-hydroxylation sites is 1. The number of hydrogen-bond donors (Lipinski definition) is 3. The predicted octanol–water partition coefficient (Wildman–Crippen LogP) is 0.781. The van der Waals surface area contributed by atoms with Crippen LogP contribution in [0, 0.1) is 10.1 Å². The fourth-order valence-electron chi connectivity index (χ4n) is 1.42. The molecule has 2 aromatic rings. The van der Waals surface area contributed by atoms with Crippen molar-refractivity contribution in [1.82, 2.24) is 10.9 Å². The summed E-state index contributed by atoms with van der Waals surface area (Å²) in [5.41, 5.74) is 7.27. The molecule has 0 spiro atoms. The van der Waals surface area contributed by atoms with E-state index in [-0.39, 0.29) is 5.76 Å². The first-order chi connectivity index (χ1) is 11.1. The van der Waals surface area contributed by atoms with Crippen molar-refractivity contribution < 1.29 is 18.9 Å². The van der Waals surface area contributed by atoms with Crippen molar-refractivity contribution in [2.75, 3.05) is 5.43 Å². The zero-order valence-electron chi connectivity index (χ0n) is 11.6. The number of rotatable bonds is 5. The van der Waals surface area contributed by atoms with Crippen molar-refractivity contribution >= 4 is 29.6 Å². The quantitative estimate of drug-likeness (QED) is 0.322. The molecule has 0 aliphatic carbocycles. The van der Waals surface area contributed by atoms with Gasteiger partial charge in [-0.1, -0.05) is 18.2 Å². The highest BCUT2D eigenvalue weighted by Gasteiger charge is 2.13. The molecule has 0 radical (unpaired) electrons. The van der Waals surface area contributed by atoms with Crippen LogP contribution in [0.3, 0.4) is 0 Å². The van der Waals surface area contributed by atoms with Gasteiger partial charge < -0.3 is 4.42 Å². The van der Waals surface area contributed by atoms with Crippen molar-refractivity contribution in [2.45, 2.75) is 0 Å². The maximum absolute atomic E-state index is 11.5. The summed E-state index contributed by atoms with van der Waals surface area (Å²) in [7, 11) is 0. The molecule has 1 heterocycles. The molecular formula is C13H11N5O5. The topological polar surface area (TPSA) is 139 Å². The summed E-state index contributed by atoms with van der Waals surface area (Å²) in [4.78, 5) is 32.6. The van der Waals surface area contributed by atoms with Gasteiger partial charge in [-0.15, -0.1) is 0 Å². The minimum Gasteiger partial charge on any atom is -0.400 e. The van der Waals surface area contributed by atoms with Crippen molar-refractivity contribution in [2.24, 2.45) is 5.10 Å². The fourth-order valence-corrected chi connectivity index (χ4v) is 1.42. The van der Waals surface area contributed by atoms with Crippen LogP contribution >= 0.6 is 0 Å². The number of nitrogens with zero attached hydrogens (tertiary/aromatic N) is 2. The Morgan fingerprint density at radius 3 is 2.52 bits per heavy atom. The van der Waals surface area contributed by atoms with Crippen LogP contribution in [-0.2, 0) is 9.59 Å². The predicted molar refractivity (Wildman–Crippen MR) is 79.3 cm³/mol. The van der Waals surface area contributed by atoms with Gasteiger partial charge in [0.05, 0.1) is 18.0 Å². The van der Waals surface area contributed by atoms with E-state index in [2.05, 4.69) is 16.0 Å². The third kappa shape index (κ3) is 4.67. The highest BCUT2D eigenvalue weighted by Crippen LogP contribution is 2.13. The van der Waals surface area contributed by atoms with Crippen LogP contribution in [0.4, 0.5) is 11.6 Å². The number of anilines is 1. The molecule has 1 aromatic carbocycles. The Kier molecular flexibility index (Phi) is 5.02. The molecule has 0 atom stereocenters. The van der Waals surface area contributed by atoms with Crippen LogP contribution in [0.1, 0.15) is 5.76 Å². The molecule has 23 heavy (non-hydrogen) atoms. The van der Waals surface area contributed by atoms with Gasteiger partial charge in [0, 0.05) is 0 Å². The lowest BCUT2D eigenvalue weighted by Crippen LogP contribution is -2.40. The first-order valence-corrected chi connectivity index (χ1v) is 6.25. The van der Waals surface area contributed by atoms with Crippen LogP contribution in [0.2, 0.25) is 0 Å². The van der Waals surface area contributed by atoms with Gasteiger partial charge in [0.1, 0.15) is 4.92 Å². The molecule has 0 saturated carbocycles. The Bertz CT molecular complexity index is 740. The number of carbonyl (C=O) groups excluding carboxylic acids is 2. The first kappa shape index (κ1) is 15.7. The summed E-state index contributed by atoms with van der Waals surface area (Å²) in [5, 5.41) is 13.9. The summed E-state index contributed by atoms with van der Waals surface area (Å²) < 4.78 is 4.78. The minimum atomic E-state index is -1.02. The van der Waals surface area contributed by atoms with Gasteiger partial charge in [0.2, 0.25) is 0 Å². The SMILES string of the molecule is O=C(NN=Cc1ccc([N+](=O)[O-])o1)C(=O)NNc1ccccc1. The van der Waals surface area contributed by atoms with Crippen LogP contribution in [0.25, 0.3) is 0 Å². The van der Waals surface area contributed by atoms with Crippen LogP contribution < -0.4 is 16.3 Å². The molecule has 0 unspecified atom stereocenters. The molecule has 0 aliphatic rings. The van der Waals surface area contributed by atoms with E-state index >= 15 is 0 Å². The molecule has 0 aliphatic heterocycles. The van der Waals surface area contributed by atoms with E-state index in [0.717, 1.165) is 12.3 Å². The fraction of sp³-hybridized carbons (Fsp3) is 0. The van der Waals surface area contributed by atoms with Gasteiger partial charge in [-0.25, -0.2) is 5.43 Å². The maximum atomic E-state index is 11.5. The summed E-state index contributed by atoms with van der Waals surface area (Å²) in [6.45, 7) is 0. The molecule has 0 fully saturated rings. The second kappa shape index (κ2) is 7.36. The average Bonchev–Trinajstić information content (AvgIpc) is 3.02. The van der Waals surface area contributed by atoms with Gasteiger partial charge in [-0.05, 0) is 18.2 Å². The number of nitro groups is 1. The van der Waals surface area contributed by atoms with Gasteiger partial charge in [0.25, 0.3) is 0 Å². The standard InChI is InChI=1S/C13H11N5O5/c19-12(13(20)17-15-9-4-2-1-3-5-9)16-14-8-10-6-7-11(23-10)18(21)22/h1-8,15H,(H,16,19)(H,17,20). The normalized spacial score (nSPS) is 10.3. The molecule has 118 valence electrons. The maximum Gasteiger partial charge on any atom is 0.433 e. The molecule has 0 bridgehead atoms. The lowest BCUT2D eigenvalue weighted by Gasteiger charge is -2.06. The molecule has 2 amide bonds. The Balaban J connectivity index is 1.80. The Morgan fingerprint density at radius 1 is 1.13 bits per heavy atom.